The largest absolute Gasteiger partial charge is 0.494 e. The van der Waals surface area contributed by atoms with Gasteiger partial charge in [-0.2, -0.15) is 0 Å². The van der Waals surface area contributed by atoms with Gasteiger partial charge in [0.1, 0.15) is 5.75 Å². The minimum Gasteiger partial charge on any atom is -0.494 e. The maximum Gasteiger partial charge on any atom is 0.144 e. The van der Waals surface area contributed by atoms with Gasteiger partial charge in [0, 0.05) is 24.1 Å². The molecule has 72 valence electrons. The fourth-order valence-corrected chi connectivity index (χ4v) is 1.31. The lowest BCUT2D eigenvalue weighted by atomic mass is 10.2. The predicted octanol–water partition coefficient (Wildman–Crippen LogP) is 1.46. The Kier molecular flexibility index (Phi) is 2.10. The molecule has 0 aliphatic heterocycles. The average Bonchev–Trinajstić information content (AvgIpc) is 2.70. The van der Waals surface area contributed by atoms with Crippen LogP contribution in [-0.4, -0.2) is 16.7 Å². The first-order valence-corrected chi connectivity index (χ1v) is 4.23. The zero-order valence-corrected chi connectivity index (χ0v) is 7.84. The molecule has 0 radical (unpaired) electrons. The number of aromatic nitrogens is 2. The van der Waals surface area contributed by atoms with Crippen molar-refractivity contribution >= 4 is 5.69 Å². The summed E-state index contributed by atoms with van der Waals surface area (Å²) in [5, 5.41) is 0. The summed E-state index contributed by atoms with van der Waals surface area (Å²) in [5.41, 5.74) is 7.27. The molecule has 2 rings (SSSR count). The van der Waals surface area contributed by atoms with Gasteiger partial charge in [0.25, 0.3) is 0 Å². The predicted molar refractivity (Wildman–Crippen MR) is 54.5 cm³/mol. The molecule has 0 unspecified atom stereocenters. The fourth-order valence-electron chi connectivity index (χ4n) is 1.31. The second-order valence-electron chi connectivity index (χ2n) is 2.90. The molecule has 0 aliphatic rings. The molecule has 1 heterocycles. The Bertz CT molecular complexity index is 423. The molecule has 0 spiro atoms. The number of nitrogens with two attached hydrogens (primary N) is 1. The van der Waals surface area contributed by atoms with Crippen LogP contribution in [-0.2, 0) is 0 Å². The van der Waals surface area contributed by atoms with Gasteiger partial charge in [-0.05, 0) is 12.1 Å². The Morgan fingerprint density at radius 1 is 1.43 bits per heavy atom. The Hall–Kier alpha value is -1.97. The molecule has 1 aromatic heterocycles. The van der Waals surface area contributed by atoms with E-state index in [0.717, 1.165) is 11.4 Å². The van der Waals surface area contributed by atoms with Crippen molar-refractivity contribution in [2.75, 3.05) is 12.8 Å². The number of methoxy groups -OCH3 is 1. The van der Waals surface area contributed by atoms with Gasteiger partial charge in [0.05, 0.1) is 19.1 Å². The third-order valence-corrected chi connectivity index (χ3v) is 1.99. The topological polar surface area (TPSA) is 53.1 Å². The number of hydrogen-bond donors (Lipinski definition) is 1. The summed E-state index contributed by atoms with van der Waals surface area (Å²) in [4.78, 5) is 3.97. The number of nitrogens with zero attached hydrogens (tertiary/aromatic N) is 2. The summed E-state index contributed by atoms with van der Waals surface area (Å²) >= 11 is 0. The number of rotatable bonds is 2. The van der Waals surface area contributed by atoms with E-state index in [1.165, 1.54) is 0 Å². The van der Waals surface area contributed by atoms with E-state index in [1.807, 2.05) is 22.9 Å². The summed E-state index contributed by atoms with van der Waals surface area (Å²) < 4.78 is 7.09. The second-order valence-corrected chi connectivity index (χ2v) is 2.90. The normalized spacial score (nSPS) is 10.1. The monoisotopic (exact) mass is 189 g/mol. The van der Waals surface area contributed by atoms with E-state index in [-0.39, 0.29) is 0 Å². The Morgan fingerprint density at radius 3 is 2.93 bits per heavy atom. The first-order valence-electron chi connectivity index (χ1n) is 4.23. The van der Waals surface area contributed by atoms with Crippen LogP contribution in [0.2, 0.25) is 0 Å². The van der Waals surface area contributed by atoms with Gasteiger partial charge in [0.15, 0.2) is 0 Å². The van der Waals surface area contributed by atoms with Crippen molar-refractivity contribution in [1.82, 2.24) is 9.55 Å². The number of hydrogen-bond acceptors (Lipinski definition) is 3. The molecule has 0 aliphatic carbocycles. The summed E-state index contributed by atoms with van der Waals surface area (Å²) in [7, 11) is 1.62. The number of nitrogen functional groups attached to an aromatic ring is 1. The Morgan fingerprint density at radius 2 is 2.29 bits per heavy atom. The quantitative estimate of drug-likeness (QED) is 0.728. The molecule has 2 N–H and O–H groups in total. The van der Waals surface area contributed by atoms with Gasteiger partial charge in [-0.1, -0.05) is 0 Å². The Labute approximate surface area is 81.9 Å². The standard InChI is InChI=1S/C10H11N3O/c1-14-10-6-8(11)2-3-9(10)13-5-4-12-7-13/h2-7H,11H2,1H3. The van der Waals surface area contributed by atoms with Crippen LogP contribution in [0.5, 0.6) is 5.75 Å². The highest BCUT2D eigenvalue weighted by molar-refractivity contribution is 5.55. The molecule has 0 saturated carbocycles. The zero-order valence-electron chi connectivity index (χ0n) is 7.84. The average molecular weight is 189 g/mol. The second kappa shape index (κ2) is 3.41. The van der Waals surface area contributed by atoms with Gasteiger partial charge in [-0.15, -0.1) is 0 Å². The molecule has 0 amide bonds. The number of ether oxygens (including phenoxy) is 1. The molecule has 0 saturated heterocycles. The first kappa shape index (κ1) is 8.62. The van der Waals surface area contributed by atoms with E-state index in [1.54, 1.807) is 25.7 Å². The minimum absolute atomic E-state index is 0.686. The molecule has 4 heteroatoms. The molecule has 0 atom stereocenters. The lowest BCUT2D eigenvalue weighted by Gasteiger charge is -2.09. The number of benzene rings is 1. The van der Waals surface area contributed by atoms with E-state index >= 15 is 0 Å². The minimum atomic E-state index is 0.686. The van der Waals surface area contributed by atoms with Gasteiger partial charge in [-0.3, -0.25) is 0 Å². The van der Waals surface area contributed by atoms with Crippen LogP contribution in [0.15, 0.2) is 36.9 Å². The molecule has 1 aromatic carbocycles. The summed E-state index contributed by atoms with van der Waals surface area (Å²) in [6.45, 7) is 0. The SMILES string of the molecule is COc1cc(N)ccc1-n1ccnc1. The highest BCUT2D eigenvalue weighted by atomic mass is 16.5. The van der Waals surface area contributed by atoms with Crippen molar-refractivity contribution in [1.29, 1.82) is 0 Å². The van der Waals surface area contributed by atoms with Gasteiger partial charge in [-0.25, -0.2) is 4.98 Å². The molecular formula is C10H11N3O. The molecule has 2 aromatic rings. The highest BCUT2D eigenvalue weighted by Gasteiger charge is 2.04. The lowest BCUT2D eigenvalue weighted by Crippen LogP contribution is -1.96. The van der Waals surface area contributed by atoms with Gasteiger partial charge < -0.3 is 15.0 Å². The smallest absolute Gasteiger partial charge is 0.144 e. The van der Waals surface area contributed by atoms with E-state index in [4.69, 9.17) is 10.5 Å². The van der Waals surface area contributed by atoms with Crippen molar-refractivity contribution in [3.05, 3.63) is 36.9 Å². The van der Waals surface area contributed by atoms with Crippen LogP contribution in [0, 0.1) is 0 Å². The van der Waals surface area contributed by atoms with E-state index in [0.29, 0.717) is 5.69 Å². The van der Waals surface area contributed by atoms with Crippen molar-refractivity contribution in [3.8, 4) is 11.4 Å². The highest BCUT2D eigenvalue weighted by Crippen LogP contribution is 2.24. The molecule has 0 bridgehead atoms. The maximum absolute atomic E-state index is 5.65. The third-order valence-electron chi connectivity index (χ3n) is 1.99. The molecule has 0 fully saturated rings. The first-order chi connectivity index (χ1) is 6.81. The van der Waals surface area contributed by atoms with Crippen LogP contribution in [0.4, 0.5) is 5.69 Å². The van der Waals surface area contributed by atoms with E-state index in [2.05, 4.69) is 4.98 Å². The van der Waals surface area contributed by atoms with Crippen LogP contribution >= 0.6 is 0 Å². The molecule has 14 heavy (non-hydrogen) atoms. The van der Waals surface area contributed by atoms with Crippen molar-refractivity contribution in [3.63, 3.8) is 0 Å². The number of anilines is 1. The van der Waals surface area contributed by atoms with Crippen LogP contribution in [0.3, 0.4) is 0 Å². The summed E-state index contributed by atoms with van der Waals surface area (Å²) in [5.74, 6) is 0.739. The summed E-state index contributed by atoms with van der Waals surface area (Å²) in [6, 6.07) is 5.52. The number of imidazole rings is 1. The Balaban J connectivity index is 2.53. The van der Waals surface area contributed by atoms with Crippen LogP contribution < -0.4 is 10.5 Å². The van der Waals surface area contributed by atoms with Crippen molar-refractivity contribution in [2.45, 2.75) is 0 Å². The third kappa shape index (κ3) is 1.42. The van der Waals surface area contributed by atoms with Crippen molar-refractivity contribution in [2.24, 2.45) is 0 Å². The van der Waals surface area contributed by atoms with E-state index in [9.17, 15) is 0 Å². The van der Waals surface area contributed by atoms with Crippen molar-refractivity contribution < 1.29 is 4.74 Å². The van der Waals surface area contributed by atoms with Crippen LogP contribution in [0.25, 0.3) is 5.69 Å². The maximum atomic E-state index is 5.65. The lowest BCUT2D eigenvalue weighted by molar-refractivity contribution is 0.413. The van der Waals surface area contributed by atoms with Crippen LogP contribution in [0.1, 0.15) is 0 Å². The fraction of sp³-hybridized carbons (Fsp3) is 0.100. The molecular weight excluding hydrogens is 178 g/mol. The van der Waals surface area contributed by atoms with E-state index < -0.39 is 0 Å². The summed E-state index contributed by atoms with van der Waals surface area (Å²) in [6.07, 6.45) is 5.29. The zero-order chi connectivity index (χ0) is 9.97. The van der Waals surface area contributed by atoms with Gasteiger partial charge >= 0.3 is 0 Å². The van der Waals surface area contributed by atoms with Gasteiger partial charge in [0.2, 0.25) is 0 Å². The molecule has 4 nitrogen and oxygen atoms in total.